The van der Waals surface area contributed by atoms with E-state index >= 15 is 0 Å². The van der Waals surface area contributed by atoms with E-state index < -0.39 is 5.82 Å². The summed E-state index contributed by atoms with van der Waals surface area (Å²) in [6, 6.07) is 11.2. The topological polar surface area (TPSA) is 60.2 Å². The fraction of sp³-hybridized carbons (Fsp3) is 0.263. The van der Waals surface area contributed by atoms with Gasteiger partial charge in [-0.15, -0.1) is 24.0 Å². The van der Waals surface area contributed by atoms with Crippen LogP contribution in [-0.2, 0) is 13.1 Å². The highest BCUT2D eigenvalue weighted by Gasteiger charge is 2.05. The average molecular weight is 470 g/mol. The number of hydrogen-bond acceptors (Lipinski definition) is 2. The highest BCUT2D eigenvalue weighted by molar-refractivity contribution is 14.0. The summed E-state index contributed by atoms with van der Waals surface area (Å²) in [5.41, 5.74) is 2.06. The number of hydrogen-bond donors (Lipinski definition) is 2. The second kappa shape index (κ2) is 10.7. The van der Waals surface area contributed by atoms with Gasteiger partial charge in [-0.05, 0) is 43.2 Å². The molecule has 0 aliphatic rings. The Kier molecular flexibility index (Phi) is 8.99. The summed E-state index contributed by atoms with van der Waals surface area (Å²) in [6.45, 7) is 4.81. The van der Waals surface area contributed by atoms with Crippen LogP contribution in [0.4, 0.5) is 8.78 Å². The van der Waals surface area contributed by atoms with Crippen molar-refractivity contribution in [3.63, 3.8) is 0 Å². The van der Waals surface area contributed by atoms with Gasteiger partial charge in [0.1, 0.15) is 11.6 Å². The molecule has 0 aliphatic carbocycles. The first-order valence-electron chi connectivity index (χ1n) is 7.99. The van der Waals surface area contributed by atoms with E-state index in [4.69, 9.17) is 5.26 Å². The molecule has 0 radical (unpaired) electrons. The van der Waals surface area contributed by atoms with E-state index in [1.807, 2.05) is 19.1 Å². The van der Waals surface area contributed by atoms with Gasteiger partial charge in [-0.3, -0.25) is 0 Å². The number of aliphatic imine (C=N–C) groups is 1. The molecule has 2 rings (SSSR count). The van der Waals surface area contributed by atoms with E-state index in [1.54, 1.807) is 25.1 Å². The summed E-state index contributed by atoms with van der Waals surface area (Å²) >= 11 is 0. The summed E-state index contributed by atoms with van der Waals surface area (Å²) < 4.78 is 27.5. The van der Waals surface area contributed by atoms with Crippen LogP contribution in [0.25, 0.3) is 0 Å². The molecule has 2 aromatic carbocycles. The van der Waals surface area contributed by atoms with Crippen LogP contribution in [0.15, 0.2) is 41.4 Å². The van der Waals surface area contributed by atoms with E-state index in [9.17, 15) is 8.78 Å². The Bertz CT molecular complexity index is 816. The van der Waals surface area contributed by atoms with Gasteiger partial charge in [0, 0.05) is 18.7 Å². The van der Waals surface area contributed by atoms with Gasteiger partial charge in [-0.25, -0.2) is 13.8 Å². The first kappa shape index (κ1) is 21.8. The second-order valence-electron chi connectivity index (χ2n) is 5.55. The van der Waals surface area contributed by atoms with E-state index in [1.165, 1.54) is 12.1 Å². The van der Waals surface area contributed by atoms with Crippen LogP contribution in [0, 0.1) is 29.9 Å². The highest BCUT2D eigenvalue weighted by atomic mass is 127. The van der Waals surface area contributed by atoms with Gasteiger partial charge in [-0.1, -0.05) is 18.2 Å². The SMILES string of the molecule is CCNC(=NCc1ccc(C)c(F)c1)NCc1ccc(C#N)cc1F.I. The average Bonchev–Trinajstić information content (AvgIpc) is 2.61. The highest BCUT2D eigenvalue weighted by Crippen LogP contribution is 2.11. The first-order chi connectivity index (χ1) is 12.0. The Morgan fingerprint density at radius 3 is 2.50 bits per heavy atom. The molecule has 0 bridgehead atoms. The van der Waals surface area contributed by atoms with Crippen molar-refractivity contribution in [2.75, 3.05) is 6.54 Å². The van der Waals surface area contributed by atoms with E-state index in [0.717, 1.165) is 5.56 Å². The normalized spacial score (nSPS) is 10.7. The van der Waals surface area contributed by atoms with Gasteiger partial charge in [0.2, 0.25) is 0 Å². The molecule has 7 heteroatoms. The minimum absolute atomic E-state index is 0. The summed E-state index contributed by atoms with van der Waals surface area (Å²) in [5.74, 6) is -0.194. The van der Waals surface area contributed by atoms with E-state index in [0.29, 0.717) is 30.2 Å². The number of nitrogens with one attached hydrogen (secondary N) is 2. The molecule has 0 fully saturated rings. The Balaban J connectivity index is 0.00000338. The smallest absolute Gasteiger partial charge is 0.191 e. The van der Waals surface area contributed by atoms with E-state index in [-0.39, 0.29) is 41.9 Å². The van der Waals surface area contributed by atoms with Crippen molar-refractivity contribution in [1.82, 2.24) is 10.6 Å². The Hall–Kier alpha value is -2.21. The minimum atomic E-state index is -0.442. The van der Waals surface area contributed by atoms with Gasteiger partial charge in [0.15, 0.2) is 5.96 Å². The summed E-state index contributed by atoms with van der Waals surface area (Å²) in [6.07, 6.45) is 0. The predicted molar refractivity (Wildman–Crippen MR) is 109 cm³/mol. The van der Waals surface area contributed by atoms with Crippen LogP contribution in [0.1, 0.15) is 29.2 Å². The van der Waals surface area contributed by atoms with Crippen LogP contribution in [0.2, 0.25) is 0 Å². The zero-order chi connectivity index (χ0) is 18.2. The quantitative estimate of drug-likeness (QED) is 0.395. The summed E-state index contributed by atoms with van der Waals surface area (Å²) in [4.78, 5) is 4.39. The second-order valence-corrected chi connectivity index (χ2v) is 5.55. The molecule has 0 amide bonds. The lowest BCUT2D eigenvalue weighted by molar-refractivity contribution is 0.604. The third-order valence-corrected chi connectivity index (χ3v) is 3.63. The zero-order valence-corrected chi connectivity index (χ0v) is 17.0. The Labute approximate surface area is 169 Å². The molecule has 2 N–H and O–H groups in total. The molecular weight excluding hydrogens is 449 g/mol. The maximum Gasteiger partial charge on any atom is 0.191 e. The van der Waals surface area contributed by atoms with Crippen molar-refractivity contribution >= 4 is 29.9 Å². The molecule has 4 nitrogen and oxygen atoms in total. The lowest BCUT2D eigenvalue weighted by Gasteiger charge is -2.12. The molecule has 138 valence electrons. The number of halogens is 3. The Morgan fingerprint density at radius 1 is 1.12 bits per heavy atom. The minimum Gasteiger partial charge on any atom is -0.357 e. The van der Waals surface area contributed by atoms with Crippen molar-refractivity contribution in [3.05, 3.63) is 70.3 Å². The molecule has 0 atom stereocenters. The van der Waals surface area contributed by atoms with Crippen molar-refractivity contribution < 1.29 is 8.78 Å². The summed E-state index contributed by atoms with van der Waals surface area (Å²) in [5, 5.41) is 14.9. The lowest BCUT2D eigenvalue weighted by atomic mass is 10.1. The molecular formula is C19H21F2IN4. The maximum atomic E-state index is 13.9. The fourth-order valence-electron chi connectivity index (χ4n) is 2.19. The molecule has 0 saturated carbocycles. The molecule has 2 aromatic rings. The third-order valence-electron chi connectivity index (χ3n) is 3.63. The van der Waals surface area contributed by atoms with Gasteiger partial charge >= 0.3 is 0 Å². The van der Waals surface area contributed by atoms with Crippen LogP contribution in [0.3, 0.4) is 0 Å². The van der Waals surface area contributed by atoms with Crippen molar-refractivity contribution in [2.24, 2.45) is 4.99 Å². The lowest BCUT2D eigenvalue weighted by Crippen LogP contribution is -2.37. The number of nitrogens with zero attached hydrogens (tertiary/aromatic N) is 2. The summed E-state index contributed by atoms with van der Waals surface area (Å²) in [7, 11) is 0. The third kappa shape index (κ3) is 6.26. The van der Waals surface area contributed by atoms with Gasteiger partial charge in [0.05, 0.1) is 18.2 Å². The predicted octanol–water partition coefficient (Wildman–Crippen LogP) is 4.02. The van der Waals surface area contributed by atoms with E-state index in [2.05, 4.69) is 15.6 Å². The Morgan fingerprint density at radius 2 is 1.88 bits per heavy atom. The van der Waals surface area contributed by atoms with Crippen LogP contribution in [-0.4, -0.2) is 12.5 Å². The molecule has 0 heterocycles. The standard InChI is InChI=1S/C19H20F2N4.HI/c1-3-23-19(24-11-15-5-4-13(2)17(20)9-15)25-12-16-7-6-14(10-22)8-18(16)21;/h4-9H,3,11-12H2,1-2H3,(H2,23,24,25);1H. The van der Waals surface area contributed by atoms with Crippen LogP contribution >= 0.6 is 24.0 Å². The first-order valence-corrected chi connectivity index (χ1v) is 7.99. The molecule has 0 spiro atoms. The van der Waals surface area contributed by atoms with Gasteiger partial charge in [0.25, 0.3) is 0 Å². The molecule has 0 aliphatic heterocycles. The van der Waals surface area contributed by atoms with Crippen molar-refractivity contribution in [2.45, 2.75) is 26.9 Å². The maximum absolute atomic E-state index is 13.9. The molecule has 0 unspecified atom stereocenters. The van der Waals surface area contributed by atoms with Crippen molar-refractivity contribution in [3.8, 4) is 6.07 Å². The number of rotatable bonds is 5. The van der Waals surface area contributed by atoms with Crippen LogP contribution < -0.4 is 10.6 Å². The number of guanidine groups is 1. The van der Waals surface area contributed by atoms with Crippen LogP contribution in [0.5, 0.6) is 0 Å². The fourth-order valence-corrected chi connectivity index (χ4v) is 2.19. The monoisotopic (exact) mass is 470 g/mol. The molecule has 0 saturated heterocycles. The van der Waals surface area contributed by atoms with Gasteiger partial charge in [-0.2, -0.15) is 5.26 Å². The molecule has 26 heavy (non-hydrogen) atoms. The largest absolute Gasteiger partial charge is 0.357 e. The zero-order valence-electron chi connectivity index (χ0n) is 14.6. The number of nitriles is 1. The van der Waals surface area contributed by atoms with Crippen molar-refractivity contribution in [1.29, 1.82) is 5.26 Å². The molecule has 0 aromatic heterocycles. The number of aryl methyl sites for hydroxylation is 1. The number of benzene rings is 2. The van der Waals surface area contributed by atoms with Gasteiger partial charge < -0.3 is 10.6 Å².